The highest BCUT2D eigenvalue weighted by Gasteiger charge is 1.61. The minimum atomic E-state index is -0.333. The summed E-state index contributed by atoms with van der Waals surface area (Å²) in [5.74, 6) is -0.333. The van der Waals surface area contributed by atoms with E-state index in [2.05, 4.69) is 18.4 Å². The number of thiol groups is 1. The van der Waals surface area contributed by atoms with Crippen LogP contribution in [0.2, 0.25) is 0 Å². The van der Waals surface area contributed by atoms with Crippen LogP contribution in [-0.4, -0.2) is 5.91 Å². The monoisotopic (exact) mass is 135 g/mol. The molecule has 0 saturated heterocycles. The maximum Gasteiger partial charge on any atom is 0.214 e. The molecule has 0 fully saturated rings. The molecule has 0 aliphatic rings. The van der Waals surface area contributed by atoms with Crippen LogP contribution in [-0.2, 0) is 4.79 Å². The smallest absolute Gasteiger partial charge is 0.214 e. The van der Waals surface area contributed by atoms with Crippen molar-refractivity contribution in [3.63, 3.8) is 0 Å². The molecule has 0 bridgehead atoms. The summed E-state index contributed by atoms with van der Waals surface area (Å²) in [6.45, 7) is 1.31. The SMILES string of the molecule is CC(N)=O.N.N#CS. The summed E-state index contributed by atoms with van der Waals surface area (Å²) in [6, 6.07) is 0. The average molecular weight is 135 g/mol. The highest BCUT2D eigenvalue weighted by atomic mass is 32.1. The van der Waals surface area contributed by atoms with Gasteiger partial charge in [-0.3, -0.25) is 4.79 Å². The van der Waals surface area contributed by atoms with Crippen LogP contribution in [0.25, 0.3) is 0 Å². The summed E-state index contributed by atoms with van der Waals surface area (Å²) >= 11 is 3.09. The molecule has 0 rings (SSSR count). The quantitative estimate of drug-likeness (QED) is 0.323. The van der Waals surface area contributed by atoms with Crippen molar-refractivity contribution < 1.29 is 4.79 Å². The Morgan fingerprint density at radius 1 is 1.88 bits per heavy atom. The maximum absolute atomic E-state index is 9.22. The van der Waals surface area contributed by atoms with Crippen molar-refractivity contribution in [1.29, 1.82) is 5.26 Å². The molecule has 0 aromatic rings. The number of nitriles is 1. The predicted octanol–water partition coefficient (Wildman–Crippen LogP) is 0.0509. The van der Waals surface area contributed by atoms with Gasteiger partial charge in [0.1, 0.15) is 5.40 Å². The van der Waals surface area contributed by atoms with Crippen molar-refractivity contribution in [1.82, 2.24) is 6.15 Å². The molecule has 0 aliphatic carbocycles. The van der Waals surface area contributed by atoms with Gasteiger partial charge in [-0.25, -0.2) is 0 Å². The van der Waals surface area contributed by atoms with Gasteiger partial charge in [0.15, 0.2) is 0 Å². The van der Waals surface area contributed by atoms with E-state index in [1.165, 1.54) is 12.3 Å². The Labute approximate surface area is 53.7 Å². The fraction of sp³-hybridized carbons (Fsp3) is 0.333. The van der Waals surface area contributed by atoms with Gasteiger partial charge in [0.25, 0.3) is 0 Å². The number of rotatable bonds is 0. The van der Waals surface area contributed by atoms with E-state index in [4.69, 9.17) is 5.26 Å². The van der Waals surface area contributed by atoms with Crippen LogP contribution >= 0.6 is 12.6 Å². The fourth-order valence-corrected chi connectivity index (χ4v) is 0. The average Bonchev–Trinajstić information content (AvgIpc) is 1.33. The van der Waals surface area contributed by atoms with Crippen LogP contribution in [0.5, 0.6) is 0 Å². The second-order valence-electron chi connectivity index (χ2n) is 0.711. The van der Waals surface area contributed by atoms with Gasteiger partial charge in [-0.1, -0.05) is 12.6 Å². The number of amides is 1. The molecule has 0 saturated carbocycles. The molecule has 5 heteroatoms. The highest BCUT2D eigenvalue weighted by Crippen LogP contribution is 1.46. The molecule has 1 amide bonds. The molecule has 0 unspecified atom stereocenters. The Morgan fingerprint density at radius 3 is 1.88 bits per heavy atom. The molecule has 0 aliphatic heterocycles. The summed E-state index contributed by atoms with van der Waals surface area (Å²) in [5, 5.41) is 8.63. The molecule has 5 N–H and O–H groups in total. The Morgan fingerprint density at radius 2 is 1.88 bits per heavy atom. The summed E-state index contributed by atoms with van der Waals surface area (Å²) < 4.78 is 0. The second-order valence-corrected chi connectivity index (χ2v) is 0.911. The number of thiocyanates is 1. The van der Waals surface area contributed by atoms with Crippen molar-refractivity contribution >= 4 is 18.5 Å². The minimum Gasteiger partial charge on any atom is -0.370 e. The molecule has 0 spiro atoms. The van der Waals surface area contributed by atoms with Crippen molar-refractivity contribution in [2.45, 2.75) is 6.92 Å². The summed E-state index contributed by atoms with van der Waals surface area (Å²) in [6.07, 6.45) is 0. The first kappa shape index (κ1) is 15.7. The fourth-order valence-electron chi connectivity index (χ4n) is 0. The van der Waals surface area contributed by atoms with Crippen molar-refractivity contribution in [2.24, 2.45) is 5.73 Å². The van der Waals surface area contributed by atoms with Crippen LogP contribution in [0.4, 0.5) is 0 Å². The standard InChI is InChI=1S/C2H5NO.CHNS.H3N/c1-2(3)4;2-1-3;/h1H3,(H2,3,4);3H;1H3. The Kier molecular flexibility index (Phi) is 31.9. The molecule has 48 valence electrons. The molecule has 0 radical (unpaired) electrons. The van der Waals surface area contributed by atoms with Gasteiger partial charge in [-0.15, -0.1) is 0 Å². The summed E-state index contributed by atoms with van der Waals surface area (Å²) in [5.41, 5.74) is 4.47. The first-order valence-electron chi connectivity index (χ1n) is 1.44. The lowest BCUT2D eigenvalue weighted by molar-refractivity contribution is -0.115. The first-order valence-corrected chi connectivity index (χ1v) is 1.89. The minimum absolute atomic E-state index is 0. The van der Waals surface area contributed by atoms with Gasteiger partial charge in [-0.2, -0.15) is 5.26 Å². The summed E-state index contributed by atoms with van der Waals surface area (Å²) in [7, 11) is 0. The topological polar surface area (TPSA) is 102 Å². The Bertz CT molecular complexity index is 83.0. The first-order chi connectivity index (χ1) is 3.15. The van der Waals surface area contributed by atoms with E-state index in [0.717, 1.165) is 0 Å². The van der Waals surface area contributed by atoms with Crippen molar-refractivity contribution in [3.8, 4) is 5.40 Å². The molecular formula is C3H9N3OS. The van der Waals surface area contributed by atoms with E-state index in [0.29, 0.717) is 0 Å². The Balaban J connectivity index is -0.0000000575. The van der Waals surface area contributed by atoms with Gasteiger partial charge < -0.3 is 11.9 Å². The van der Waals surface area contributed by atoms with Crippen LogP contribution in [0, 0.1) is 10.7 Å². The number of nitrogens with zero attached hydrogens (tertiary/aromatic N) is 1. The van der Waals surface area contributed by atoms with Gasteiger partial charge in [0, 0.05) is 6.92 Å². The number of carbonyl (C=O) groups is 1. The lowest BCUT2D eigenvalue weighted by Crippen LogP contribution is -2.01. The zero-order valence-electron chi connectivity index (χ0n) is 4.59. The number of carbonyl (C=O) groups excluding carboxylic acids is 1. The molecule has 0 aromatic heterocycles. The van der Waals surface area contributed by atoms with E-state index in [-0.39, 0.29) is 12.1 Å². The third-order valence-electron chi connectivity index (χ3n) is 0. The molecule has 8 heavy (non-hydrogen) atoms. The van der Waals surface area contributed by atoms with Crippen molar-refractivity contribution in [3.05, 3.63) is 0 Å². The van der Waals surface area contributed by atoms with E-state index in [1.807, 2.05) is 0 Å². The normalized spacial score (nSPS) is 4.12. The van der Waals surface area contributed by atoms with E-state index >= 15 is 0 Å². The summed E-state index contributed by atoms with van der Waals surface area (Å²) in [4.78, 5) is 9.22. The third kappa shape index (κ3) is 180. The predicted molar refractivity (Wildman–Crippen MR) is 34.5 cm³/mol. The largest absolute Gasteiger partial charge is 0.370 e. The number of primary amides is 1. The zero-order valence-corrected chi connectivity index (χ0v) is 5.48. The third-order valence-corrected chi connectivity index (χ3v) is 0. The molecule has 0 heterocycles. The van der Waals surface area contributed by atoms with Crippen molar-refractivity contribution in [2.75, 3.05) is 0 Å². The van der Waals surface area contributed by atoms with Crippen LogP contribution in [0.15, 0.2) is 0 Å². The maximum atomic E-state index is 9.22. The van der Waals surface area contributed by atoms with Crippen LogP contribution in [0.1, 0.15) is 6.92 Å². The van der Waals surface area contributed by atoms with E-state index < -0.39 is 0 Å². The number of hydrogen-bond acceptors (Lipinski definition) is 4. The molecule has 0 aromatic carbocycles. The van der Waals surface area contributed by atoms with Gasteiger partial charge in [0.05, 0.1) is 0 Å². The zero-order chi connectivity index (χ0) is 6.28. The van der Waals surface area contributed by atoms with E-state index in [9.17, 15) is 4.79 Å². The number of hydrogen-bond donors (Lipinski definition) is 3. The van der Waals surface area contributed by atoms with Crippen LogP contribution < -0.4 is 11.9 Å². The van der Waals surface area contributed by atoms with Gasteiger partial charge in [0.2, 0.25) is 5.91 Å². The molecular weight excluding hydrogens is 126 g/mol. The molecule has 4 nitrogen and oxygen atoms in total. The van der Waals surface area contributed by atoms with Gasteiger partial charge in [-0.05, 0) is 0 Å². The Hall–Kier alpha value is -0.730. The molecule has 0 atom stereocenters. The van der Waals surface area contributed by atoms with E-state index in [1.54, 1.807) is 0 Å². The lowest BCUT2D eigenvalue weighted by Gasteiger charge is -1.60. The lowest BCUT2D eigenvalue weighted by atomic mass is 10.8. The van der Waals surface area contributed by atoms with Crippen LogP contribution in [0.3, 0.4) is 0 Å². The highest BCUT2D eigenvalue weighted by molar-refractivity contribution is 7.85. The second kappa shape index (κ2) is 16.3. The number of nitrogens with two attached hydrogens (primary N) is 1. The van der Waals surface area contributed by atoms with Gasteiger partial charge >= 0.3 is 0 Å².